The average molecular weight is 378 g/mol. The highest BCUT2D eigenvalue weighted by atomic mass is 35.5. The smallest absolute Gasteiger partial charge is 0.197 e. The van der Waals surface area contributed by atoms with Crippen LogP contribution in [0.4, 0.5) is 0 Å². The van der Waals surface area contributed by atoms with Crippen LogP contribution in [0.15, 0.2) is 64.6 Å². The molecular formula is C21H10ClO5-. The van der Waals surface area contributed by atoms with Gasteiger partial charge in [-0.15, -0.1) is 0 Å². The van der Waals surface area contributed by atoms with Crippen molar-refractivity contribution in [3.63, 3.8) is 0 Å². The Kier molecular flexibility index (Phi) is 4.01. The minimum atomic E-state index is -1.37. The Balaban J connectivity index is 1.67. The molecule has 0 atom stereocenters. The predicted octanol–water partition coefficient (Wildman–Crippen LogP) is 3.43. The largest absolute Gasteiger partial charge is 0.545 e. The maximum Gasteiger partial charge on any atom is 0.197 e. The van der Waals surface area contributed by atoms with Gasteiger partial charge in [0.15, 0.2) is 11.6 Å². The first-order chi connectivity index (χ1) is 13.0. The number of rotatable bonds is 3. The van der Waals surface area contributed by atoms with Crippen molar-refractivity contribution < 1.29 is 23.9 Å². The van der Waals surface area contributed by atoms with Gasteiger partial charge in [-0.2, -0.15) is 0 Å². The maximum absolute atomic E-state index is 12.4. The molecule has 0 amide bonds. The van der Waals surface area contributed by atoms with E-state index in [4.69, 9.17) is 16.0 Å². The van der Waals surface area contributed by atoms with E-state index in [1.165, 1.54) is 24.3 Å². The lowest BCUT2D eigenvalue weighted by molar-refractivity contribution is -0.255. The Hall–Kier alpha value is -3.44. The molecule has 5 nitrogen and oxygen atoms in total. The number of furan rings is 1. The van der Waals surface area contributed by atoms with E-state index < -0.39 is 5.97 Å². The van der Waals surface area contributed by atoms with Crippen LogP contribution >= 0.6 is 11.6 Å². The van der Waals surface area contributed by atoms with Gasteiger partial charge in [0, 0.05) is 22.3 Å². The monoisotopic (exact) mass is 377 g/mol. The zero-order valence-electron chi connectivity index (χ0n) is 13.7. The van der Waals surface area contributed by atoms with E-state index in [2.05, 4.69) is 0 Å². The summed E-state index contributed by atoms with van der Waals surface area (Å²) >= 11 is 5.94. The number of fused-ring (bicyclic) bond motifs is 1. The van der Waals surface area contributed by atoms with Crippen molar-refractivity contribution in [1.82, 2.24) is 0 Å². The highest BCUT2D eigenvalue weighted by Gasteiger charge is 2.32. The topological polar surface area (TPSA) is 87.4 Å². The molecule has 0 saturated carbocycles. The molecule has 1 aliphatic rings. The second-order valence-electron chi connectivity index (χ2n) is 5.95. The molecule has 0 radical (unpaired) electrons. The van der Waals surface area contributed by atoms with Crippen LogP contribution in [-0.4, -0.2) is 17.5 Å². The average Bonchev–Trinajstić information content (AvgIpc) is 3.21. The first-order valence-electron chi connectivity index (χ1n) is 7.97. The predicted molar refractivity (Wildman–Crippen MR) is 96.6 cm³/mol. The van der Waals surface area contributed by atoms with Gasteiger partial charge in [0.25, 0.3) is 0 Å². The Bertz CT molecular complexity index is 1120. The normalized spacial score (nSPS) is 13.0. The number of Topliss-reactive ketones (excluding diaryl/α,β-unsaturated/α-hetero) is 2. The number of benzene rings is 2. The van der Waals surface area contributed by atoms with Crippen LogP contribution in [0.1, 0.15) is 36.8 Å². The molecule has 0 bridgehead atoms. The van der Waals surface area contributed by atoms with Crippen molar-refractivity contribution in [2.45, 2.75) is 0 Å². The highest BCUT2D eigenvalue weighted by Crippen LogP contribution is 2.30. The number of aromatic carboxylic acids is 1. The van der Waals surface area contributed by atoms with E-state index in [1.54, 1.807) is 36.4 Å². The molecule has 0 spiro atoms. The summed E-state index contributed by atoms with van der Waals surface area (Å²) in [5, 5.41) is 11.0. The van der Waals surface area contributed by atoms with Crippen LogP contribution in [0, 0.1) is 0 Å². The summed E-state index contributed by atoms with van der Waals surface area (Å²) in [6.45, 7) is 0. The molecule has 0 unspecified atom stereocenters. The number of carboxylic acid groups (broad SMARTS) is 1. The number of hydrogen-bond donors (Lipinski definition) is 0. The second-order valence-corrected chi connectivity index (χ2v) is 6.35. The number of carbonyl (C=O) groups excluding carboxylic acids is 3. The second kappa shape index (κ2) is 6.37. The van der Waals surface area contributed by atoms with E-state index in [0.29, 0.717) is 28.2 Å². The maximum atomic E-state index is 12.4. The SMILES string of the molecule is O=C([O-])c1ccc(-c2ccc(C=C3C(=O)c4ccccc4C3=O)o2)cc1Cl. The minimum Gasteiger partial charge on any atom is -0.545 e. The van der Waals surface area contributed by atoms with Gasteiger partial charge in [0.05, 0.1) is 16.6 Å². The van der Waals surface area contributed by atoms with Crippen LogP contribution in [0.3, 0.4) is 0 Å². The van der Waals surface area contributed by atoms with Gasteiger partial charge in [-0.05, 0) is 24.3 Å². The summed E-state index contributed by atoms with van der Waals surface area (Å²) in [4.78, 5) is 35.8. The summed E-state index contributed by atoms with van der Waals surface area (Å²) in [6, 6.07) is 14.2. The van der Waals surface area contributed by atoms with Gasteiger partial charge in [0.2, 0.25) is 0 Å². The van der Waals surface area contributed by atoms with Crippen molar-refractivity contribution in [3.8, 4) is 11.3 Å². The van der Waals surface area contributed by atoms with Gasteiger partial charge in [-0.3, -0.25) is 9.59 Å². The lowest BCUT2D eigenvalue weighted by atomic mass is 10.1. The number of halogens is 1. The van der Waals surface area contributed by atoms with Gasteiger partial charge in [-0.1, -0.05) is 48.0 Å². The van der Waals surface area contributed by atoms with Gasteiger partial charge in [-0.25, -0.2) is 0 Å². The summed E-state index contributed by atoms with van der Waals surface area (Å²) in [5.74, 6) is -1.29. The fourth-order valence-electron chi connectivity index (χ4n) is 2.97. The van der Waals surface area contributed by atoms with Crippen molar-refractivity contribution in [3.05, 3.63) is 87.6 Å². The van der Waals surface area contributed by atoms with Crippen molar-refractivity contribution in [2.75, 3.05) is 0 Å². The molecule has 132 valence electrons. The molecule has 0 N–H and O–H groups in total. The van der Waals surface area contributed by atoms with Crippen LogP contribution in [0.5, 0.6) is 0 Å². The summed E-state index contributed by atoms with van der Waals surface area (Å²) in [6.07, 6.45) is 1.41. The molecular weight excluding hydrogens is 368 g/mol. The zero-order chi connectivity index (χ0) is 19.1. The molecule has 4 rings (SSSR count). The number of carboxylic acids is 1. The van der Waals surface area contributed by atoms with Crippen LogP contribution in [0.2, 0.25) is 5.02 Å². The third-order valence-corrected chi connectivity index (χ3v) is 4.61. The summed E-state index contributed by atoms with van der Waals surface area (Å²) < 4.78 is 5.68. The molecule has 0 fully saturated rings. The number of carbonyl (C=O) groups is 3. The number of hydrogen-bond acceptors (Lipinski definition) is 5. The van der Waals surface area contributed by atoms with Crippen LogP contribution in [0.25, 0.3) is 17.4 Å². The molecule has 6 heteroatoms. The molecule has 1 heterocycles. The summed E-state index contributed by atoms with van der Waals surface area (Å²) in [5.41, 5.74) is 1.24. The van der Waals surface area contributed by atoms with E-state index >= 15 is 0 Å². The molecule has 27 heavy (non-hydrogen) atoms. The summed E-state index contributed by atoms with van der Waals surface area (Å²) in [7, 11) is 0. The van der Waals surface area contributed by atoms with Crippen LogP contribution in [-0.2, 0) is 0 Å². The highest BCUT2D eigenvalue weighted by molar-refractivity contribution is 6.41. The third-order valence-electron chi connectivity index (χ3n) is 4.29. The van der Waals surface area contributed by atoms with Crippen LogP contribution < -0.4 is 5.11 Å². The minimum absolute atomic E-state index is 0.0282. The number of allylic oxidation sites excluding steroid dienone is 1. The fourth-order valence-corrected chi connectivity index (χ4v) is 3.22. The fraction of sp³-hybridized carbons (Fsp3) is 0. The number of ketones is 2. The first kappa shape index (κ1) is 17.0. The molecule has 1 aliphatic carbocycles. The third kappa shape index (κ3) is 2.88. The van der Waals surface area contributed by atoms with Crippen molar-refractivity contribution in [2.24, 2.45) is 0 Å². The van der Waals surface area contributed by atoms with E-state index in [1.807, 2.05) is 0 Å². The Morgan fingerprint density at radius 3 is 2.22 bits per heavy atom. The quantitative estimate of drug-likeness (QED) is 0.515. The standard InChI is InChI=1S/C21H11ClO5/c22-17-9-11(5-7-15(17)21(25)26)18-8-6-12(27-18)10-16-19(23)13-3-1-2-4-14(13)20(16)24/h1-10H,(H,25,26)/p-1. The van der Waals surface area contributed by atoms with Gasteiger partial charge >= 0.3 is 0 Å². The molecule has 0 saturated heterocycles. The van der Waals surface area contributed by atoms with E-state index in [0.717, 1.165) is 0 Å². The Morgan fingerprint density at radius 2 is 1.63 bits per heavy atom. The Labute approximate surface area is 158 Å². The zero-order valence-corrected chi connectivity index (χ0v) is 14.4. The van der Waals surface area contributed by atoms with Crippen molar-refractivity contribution in [1.29, 1.82) is 0 Å². The van der Waals surface area contributed by atoms with Gasteiger partial charge in [0.1, 0.15) is 11.5 Å². The van der Waals surface area contributed by atoms with E-state index in [9.17, 15) is 19.5 Å². The first-order valence-corrected chi connectivity index (χ1v) is 8.35. The molecule has 1 aromatic heterocycles. The molecule has 3 aromatic rings. The van der Waals surface area contributed by atoms with E-state index in [-0.39, 0.29) is 27.7 Å². The molecule has 0 aliphatic heterocycles. The lowest BCUT2D eigenvalue weighted by Crippen LogP contribution is -2.22. The lowest BCUT2D eigenvalue weighted by Gasteiger charge is -2.06. The van der Waals surface area contributed by atoms with Gasteiger partial charge < -0.3 is 14.3 Å². The molecule has 2 aromatic carbocycles. The Morgan fingerprint density at radius 1 is 0.963 bits per heavy atom. The van der Waals surface area contributed by atoms with Crippen molar-refractivity contribution >= 4 is 35.2 Å².